The number of hydrogen-bond donors (Lipinski definition) is 1. The maximum Gasteiger partial charge on any atom is 0.123 e. The molecule has 2 rings (SSSR count). The topological polar surface area (TPSA) is 29.9 Å². The van der Waals surface area contributed by atoms with E-state index in [0.717, 1.165) is 23.2 Å². The molecule has 0 saturated carbocycles. The molecule has 1 heterocycles. The van der Waals surface area contributed by atoms with E-state index in [9.17, 15) is 4.39 Å². The fourth-order valence-electron chi connectivity index (χ4n) is 2.23. The minimum Gasteiger partial charge on any atom is -0.309 e. The molecule has 3 nitrogen and oxygen atoms in total. The monoisotopic (exact) mass is 247 g/mol. The summed E-state index contributed by atoms with van der Waals surface area (Å²) >= 11 is 0. The van der Waals surface area contributed by atoms with Crippen molar-refractivity contribution in [2.24, 2.45) is 7.05 Å². The normalized spacial score (nSPS) is 12.7. The first-order chi connectivity index (χ1) is 8.65. The zero-order valence-corrected chi connectivity index (χ0v) is 10.9. The van der Waals surface area contributed by atoms with Crippen molar-refractivity contribution in [3.8, 4) is 0 Å². The van der Waals surface area contributed by atoms with Crippen LogP contribution >= 0.6 is 0 Å². The third-order valence-corrected chi connectivity index (χ3v) is 3.08. The van der Waals surface area contributed by atoms with Crippen LogP contribution in [0.25, 0.3) is 0 Å². The van der Waals surface area contributed by atoms with E-state index < -0.39 is 0 Å². The quantitative estimate of drug-likeness (QED) is 0.899. The Hall–Kier alpha value is -1.68. The van der Waals surface area contributed by atoms with E-state index in [2.05, 4.69) is 17.3 Å². The minimum atomic E-state index is -0.212. The Labute approximate surface area is 107 Å². The Morgan fingerprint density at radius 3 is 2.56 bits per heavy atom. The van der Waals surface area contributed by atoms with Gasteiger partial charge in [0, 0.05) is 18.8 Å². The van der Waals surface area contributed by atoms with Gasteiger partial charge in [-0.1, -0.05) is 19.1 Å². The molecule has 1 unspecified atom stereocenters. The third-order valence-electron chi connectivity index (χ3n) is 3.08. The first-order valence-corrected chi connectivity index (χ1v) is 6.10. The van der Waals surface area contributed by atoms with Crippen LogP contribution in [0.15, 0.2) is 30.5 Å². The van der Waals surface area contributed by atoms with Crippen molar-refractivity contribution < 1.29 is 4.39 Å². The van der Waals surface area contributed by atoms with Crippen LogP contribution in [0.2, 0.25) is 0 Å². The van der Waals surface area contributed by atoms with Crippen molar-refractivity contribution in [3.63, 3.8) is 0 Å². The highest BCUT2D eigenvalue weighted by Gasteiger charge is 2.17. The molecule has 1 N–H and O–H groups in total. The number of aromatic nitrogens is 2. The second kappa shape index (κ2) is 5.31. The molecule has 1 aromatic heterocycles. The van der Waals surface area contributed by atoms with Gasteiger partial charge in [0.1, 0.15) is 5.82 Å². The summed E-state index contributed by atoms with van der Waals surface area (Å²) in [6, 6.07) is 6.64. The van der Waals surface area contributed by atoms with Crippen LogP contribution in [0, 0.1) is 5.82 Å². The predicted octanol–water partition coefficient (Wildman–Crippen LogP) is 2.43. The van der Waals surface area contributed by atoms with Crippen LogP contribution in [0.3, 0.4) is 0 Å². The lowest BCUT2D eigenvalue weighted by atomic mass is 9.98. The summed E-state index contributed by atoms with van der Waals surface area (Å²) < 4.78 is 14.8. The third kappa shape index (κ3) is 2.43. The number of aryl methyl sites for hydroxylation is 2. The molecule has 0 aliphatic heterocycles. The molecule has 1 aromatic carbocycles. The highest BCUT2D eigenvalue weighted by molar-refractivity contribution is 5.33. The smallest absolute Gasteiger partial charge is 0.123 e. The predicted molar refractivity (Wildman–Crippen MR) is 69.9 cm³/mol. The van der Waals surface area contributed by atoms with Crippen LogP contribution in [0.1, 0.15) is 29.8 Å². The van der Waals surface area contributed by atoms with Gasteiger partial charge in [-0.3, -0.25) is 4.68 Å². The van der Waals surface area contributed by atoms with Gasteiger partial charge < -0.3 is 5.32 Å². The van der Waals surface area contributed by atoms with E-state index in [1.165, 1.54) is 12.1 Å². The molecule has 4 heteroatoms. The lowest BCUT2D eigenvalue weighted by Crippen LogP contribution is -2.18. The highest BCUT2D eigenvalue weighted by Crippen LogP contribution is 2.24. The number of halogens is 1. The number of nitrogens with one attached hydrogen (secondary N) is 1. The van der Waals surface area contributed by atoms with E-state index in [1.54, 1.807) is 0 Å². The van der Waals surface area contributed by atoms with E-state index in [1.807, 2.05) is 37.1 Å². The largest absolute Gasteiger partial charge is 0.309 e. The Kier molecular flexibility index (Phi) is 3.77. The van der Waals surface area contributed by atoms with Crippen molar-refractivity contribution in [3.05, 3.63) is 53.1 Å². The number of nitrogens with zero attached hydrogens (tertiary/aromatic N) is 2. The van der Waals surface area contributed by atoms with E-state index in [4.69, 9.17) is 0 Å². The number of rotatable bonds is 4. The van der Waals surface area contributed by atoms with Crippen LogP contribution in [0.5, 0.6) is 0 Å². The summed E-state index contributed by atoms with van der Waals surface area (Å²) in [6.45, 7) is 2.09. The average molecular weight is 247 g/mol. The Morgan fingerprint density at radius 2 is 2.00 bits per heavy atom. The molecule has 0 aliphatic rings. The molecule has 0 radical (unpaired) electrons. The second-order valence-corrected chi connectivity index (χ2v) is 4.33. The maximum absolute atomic E-state index is 13.0. The Balaban J connectivity index is 2.41. The number of benzene rings is 1. The van der Waals surface area contributed by atoms with Gasteiger partial charge >= 0.3 is 0 Å². The van der Waals surface area contributed by atoms with Gasteiger partial charge in [0.15, 0.2) is 0 Å². The summed E-state index contributed by atoms with van der Waals surface area (Å²) in [5.41, 5.74) is 3.26. The second-order valence-electron chi connectivity index (χ2n) is 4.33. The first-order valence-electron chi connectivity index (χ1n) is 6.10. The van der Waals surface area contributed by atoms with Gasteiger partial charge in [0.25, 0.3) is 0 Å². The summed E-state index contributed by atoms with van der Waals surface area (Å²) in [6.07, 6.45) is 2.90. The summed E-state index contributed by atoms with van der Waals surface area (Å²) in [5, 5.41) is 7.71. The fraction of sp³-hybridized carbons (Fsp3) is 0.357. The molecule has 96 valence electrons. The van der Waals surface area contributed by atoms with Crippen LogP contribution in [0.4, 0.5) is 4.39 Å². The lowest BCUT2D eigenvalue weighted by Gasteiger charge is -2.16. The zero-order valence-electron chi connectivity index (χ0n) is 10.9. The van der Waals surface area contributed by atoms with E-state index >= 15 is 0 Å². The molecule has 0 fully saturated rings. The molecule has 1 atom stereocenters. The summed E-state index contributed by atoms with van der Waals surface area (Å²) in [4.78, 5) is 0. The van der Waals surface area contributed by atoms with Crippen molar-refractivity contribution in [2.45, 2.75) is 19.4 Å². The Morgan fingerprint density at radius 1 is 1.33 bits per heavy atom. The first kappa shape index (κ1) is 12.8. The molecule has 2 aromatic rings. The molecule has 0 bridgehead atoms. The van der Waals surface area contributed by atoms with Gasteiger partial charge in [0.2, 0.25) is 0 Å². The van der Waals surface area contributed by atoms with Crippen LogP contribution in [-0.2, 0) is 13.5 Å². The van der Waals surface area contributed by atoms with Gasteiger partial charge in [-0.15, -0.1) is 0 Å². The van der Waals surface area contributed by atoms with Gasteiger partial charge in [-0.2, -0.15) is 5.10 Å². The molecule has 18 heavy (non-hydrogen) atoms. The number of hydrogen-bond acceptors (Lipinski definition) is 2. The molecule has 0 aliphatic carbocycles. The van der Waals surface area contributed by atoms with E-state index in [0.29, 0.717) is 0 Å². The highest BCUT2D eigenvalue weighted by atomic mass is 19.1. The molecular formula is C14H18FN3. The van der Waals surface area contributed by atoms with Crippen molar-refractivity contribution in [1.29, 1.82) is 0 Å². The van der Waals surface area contributed by atoms with Crippen molar-refractivity contribution in [2.75, 3.05) is 7.05 Å². The van der Waals surface area contributed by atoms with Crippen molar-refractivity contribution in [1.82, 2.24) is 15.1 Å². The summed E-state index contributed by atoms with van der Waals surface area (Å²) in [5.74, 6) is -0.212. The SMILES string of the molecule is CCc1nn(C)cc1C(NC)c1ccc(F)cc1. The molecule has 0 spiro atoms. The van der Waals surface area contributed by atoms with Gasteiger partial charge in [-0.05, 0) is 31.2 Å². The standard InChI is InChI=1S/C14H18FN3/c1-4-13-12(9-18(3)17-13)14(16-2)10-5-7-11(15)8-6-10/h5-9,14,16H,4H2,1-3H3. The fourth-order valence-corrected chi connectivity index (χ4v) is 2.23. The van der Waals surface area contributed by atoms with Gasteiger partial charge in [-0.25, -0.2) is 4.39 Å². The van der Waals surface area contributed by atoms with Crippen LogP contribution in [-0.4, -0.2) is 16.8 Å². The van der Waals surface area contributed by atoms with E-state index in [-0.39, 0.29) is 11.9 Å². The molecular weight excluding hydrogens is 229 g/mol. The summed E-state index contributed by atoms with van der Waals surface area (Å²) in [7, 11) is 3.82. The average Bonchev–Trinajstić information content (AvgIpc) is 2.74. The minimum absolute atomic E-state index is 0.0502. The maximum atomic E-state index is 13.0. The van der Waals surface area contributed by atoms with Crippen molar-refractivity contribution >= 4 is 0 Å². The Bertz CT molecular complexity index is 516. The van der Waals surface area contributed by atoms with Gasteiger partial charge in [0.05, 0.1) is 11.7 Å². The molecule has 0 saturated heterocycles. The lowest BCUT2D eigenvalue weighted by molar-refractivity contribution is 0.623. The van der Waals surface area contributed by atoms with Crippen LogP contribution < -0.4 is 5.32 Å². The zero-order chi connectivity index (χ0) is 13.1. The molecule has 0 amide bonds.